The fourth-order valence-corrected chi connectivity index (χ4v) is 2.93. The number of hydrogen-bond donors (Lipinski definition) is 0. The summed E-state index contributed by atoms with van der Waals surface area (Å²) in [4.78, 5) is 0. The third-order valence-electron chi connectivity index (χ3n) is 4.35. The van der Waals surface area contributed by atoms with Gasteiger partial charge >= 0.3 is 0 Å². The van der Waals surface area contributed by atoms with E-state index in [-0.39, 0.29) is 5.82 Å². The van der Waals surface area contributed by atoms with Gasteiger partial charge in [0.1, 0.15) is 5.82 Å². The highest BCUT2D eigenvalue weighted by Crippen LogP contribution is 2.33. The molecule has 0 radical (unpaired) electrons. The lowest BCUT2D eigenvalue weighted by Crippen LogP contribution is -1.93. The number of hydrogen-bond acceptors (Lipinski definition) is 0. The van der Waals surface area contributed by atoms with Crippen LogP contribution in [0.3, 0.4) is 0 Å². The van der Waals surface area contributed by atoms with Crippen molar-refractivity contribution in [2.24, 2.45) is 0 Å². The van der Waals surface area contributed by atoms with E-state index in [2.05, 4.69) is 51.1 Å². The van der Waals surface area contributed by atoms with E-state index in [1.807, 2.05) is 12.1 Å². The first kappa shape index (κ1) is 14.8. The molecule has 0 amide bonds. The minimum absolute atomic E-state index is 0.130. The average molecular weight is 292 g/mol. The van der Waals surface area contributed by atoms with Crippen LogP contribution in [0.25, 0.3) is 11.1 Å². The van der Waals surface area contributed by atoms with Crippen molar-refractivity contribution in [2.45, 2.75) is 33.1 Å². The van der Waals surface area contributed by atoms with Gasteiger partial charge in [0, 0.05) is 6.42 Å². The van der Waals surface area contributed by atoms with Crippen molar-refractivity contribution in [1.82, 2.24) is 0 Å². The Morgan fingerprint density at radius 3 is 2.36 bits per heavy atom. The van der Waals surface area contributed by atoms with Crippen molar-refractivity contribution in [3.05, 3.63) is 82.7 Å². The largest absolute Gasteiger partial charge is 0.207 e. The third kappa shape index (κ3) is 2.76. The molecule has 112 valence electrons. The van der Waals surface area contributed by atoms with E-state index in [1.165, 1.54) is 33.9 Å². The Labute approximate surface area is 132 Å². The topological polar surface area (TPSA) is 0 Å². The molecule has 0 saturated carbocycles. The zero-order valence-corrected chi connectivity index (χ0v) is 13.4. The van der Waals surface area contributed by atoms with Gasteiger partial charge in [-0.15, -0.1) is 0 Å². The summed E-state index contributed by atoms with van der Waals surface area (Å²) in [5.74, 6) is 0.348. The minimum Gasteiger partial charge on any atom is -0.207 e. The van der Waals surface area contributed by atoms with Gasteiger partial charge in [0.05, 0.1) is 0 Å². The van der Waals surface area contributed by atoms with Crippen LogP contribution in [0.15, 0.2) is 54.6 Å². The molecule has 1 aromatic carbocycles. The molecule has 0 saturated heterocycles. The van der Waals surface area contributed by atoms with Crippen molar-refractivity contribution in [1.29, 1.82) is 0 Å². The van der Waals surface area contributed by atoms with Crippen LogP contribution in [0.2, 0.25) is 0 Å². The molecule has 0 N–H and O–H groups in total. The standard InChI is InChI=1S/C21H21F/c1-14(2)16-9-10-17(12-18-6-4-5-7-21(18)22)19-11-8-15(3)20(19)13-16/h4-11,13-14H,12H2,1-3H3. The highest BCUT2D eigenvalue weighted by Gasteiger charge is 2.13. The van der Waals surface area contributed by atoms with Crippen molar-refractivity contribution < 1.29 is 4.39 Å². The van der Waals surface area contributed by atoms with Crippen LogP contribution >= 0.6 is 0 Å². The third-order valence-corrected chi connectivity index (χ3v) is 4.35. The smallest absolute Gasteiger partial charge is 0.126 e. The van der Waals surface area contributed by atoms with Gasteiger partial charge in [0.15, 0.2) is 0 Å². The lowest BCUT2D eigenvalue weighted by molar-refractivity contribution is 0.614. The van der Waals surface area contributed by atoms with Crippen LogP contribution in [0.4, 0.5) is 4.39 Å². The molecule has 0 heterocycles. The summed E-state index contributed by atoms with van der Waals surface area (Å²) in [6.45, 7) is 6.55. The SMILES string of the molecule is Cc1ccc2c(Cc3ccccc3F)ccc(C(C)C)cc1-2. The summed E-state index contributed by atoms with van der Waals surface area (Å²) >= 11 is 0. The van der Waals surface area contributed by atoms with Gasteiger partial charge in [-0.3, -0.25) is 0 Å². The molecule has 0 fully saturated rings. The van der Waals surface area contributed by atoms with E-state index in [4.69, 9.17) is 0 Å². The summed E-state index contributed by atoms with van der Waals surface area (Å²) in [5, 5.41) is 0. The Morgan fingerprint density at radius 1 is 0.864 bits per heavy atom. The fourth-order valence-electron chi connectivity index (χ4n) is 2.93. The molecule has 0 aliphatic heterocycles. The summed E-state index contributed by atoms with van der Waals surface area (Å²) in [7, 11) is 0. The molecule has 1 aromatic rings. The maximum atomic E-state index is 14.0. The van der Waals surface area contributed by atoms with Crippen molar-refractivity contribution in [3.63, 3.8) is 0 Å². The Hall–Kier alpha value is -2.15. The average Bonchev–Trinajstić information content (AvgIpc) is 2.74. The predicted molar refractivity (Wildman–Crippen MR) is 91.1 cm³/mol. The second kappa shape index (κ2) is 5.92. The van der Waals surface area contributed by atoms with E-state index in [0.29, 0.717) is 12.3 Å². The first-order valence-electron chi connectivity index (χ1n) is 7.82. The van der Waals surface area contributed by atoms with Gasteiger partial charge in [0.25, 0.3) is 0 Å². The molecule has 2 aliphatic rings. The van der Waals surface area contributed by atoms with Crippen LogP contribution in [-0.4, -0.2) is 0 Å². The quantitative estimate of drug-likeness (QED) is 0.559. The molecule has 0 spiro atoms. The highest BCUT2D eigenvalue weighted by molar-refractivity contribution is 5.74. The van der Waals surface area contributed by atoms with Crippen molar-refractivity contribution >= 4 is 0 Å². The Bertz CT molecular complexity index is 771. The molecule has 0 aromatic heterocycles. The number of rotatable bonds is 3. The van der Waals surface area contributed by atoms with Gasteiger partial charge in [-0.05, 0) is 52.3 Å². The Balaban J connectivity index is 2.12. The van der Waals surface area contributed by atoms with Crippen LogP contribution in [-0.2, 0) is 6.42 Å². The van der Waals surface area contributed by atoms with Gasteiger partial charge in [-0.25, -0.2) is 4.39 Å². The lowest BCUT2D eigenvalue weighted by Gasteiger charge is -2.06. The van der Waals surface area contributed by atoms with Crippen molar-refractivity contribution in [2.75, 3.05) is 0 Å². The van der Waals surface area contributed by atoms with Crippen LogP contribution in [0, 0.1) is 12.7 Å². The molecule has 0 atom stereocenters. The van der Waals surface area contributed by atoms with Gasteiger partial charge in [-0.2, -0.15) is 0 Å². The van der Waals surface area contributed by atoms with Gasteiger partial charge < -0.3 is 0 Å². The summed E-state index contributed by atoms with van der Waals surface area (Å²) in [6, 6.07) is 18.0. The second-order valence-corrected chi connectivity index (χ2v) is 6.27. The number of aryl methyl sites for hydroxylation is 1. The summed E-state index contributed by atoms with van der Waals surface area (Å²) in [6.07, 6.45) is 0.624. The predicted octanol–water partition coefficient (Wildman–Crippen LogP) is 5.95. The van der Waals surface area contributed by atoms with Gasteiger partial charge in [0.2, 0.25) is 0 Å². The Kier molecular flexibility index (Phi) is 3.98. The Morgan fingerprint density at radius 2 is 1.64 bits per heavy atom. The summed E-state index contributed by atoms with van der Waals surface area (Å²) in [5.41, 5.74) is 7.04. The molecule has 2 aliphatic carbocycles. The van der Waals surface area contributed by atoms with E-state index in [1.54, 1.807) is 6.07 Å². The minimum atomic E-state index is -0.130. The fraction of sp³-hybridized carbons (Fsp3) is 0.238. The maximum Gasteiger partial charge on any atom is 0.126 e. The first-order chi connectivity index (χ1) is 10.6. The molecule has 22 heavy (non-hydrogen) atoms. The van der Waals surface area contributed by atoms with Crippen LogP contribution in [0.5, 0.6) is 0 Å². The zero-order valence-electron chi connectivity index (χ0n) is 13.4. The van der Waals surface area contributed by atoms with E-state index < -0.39 is 0 Å². The van der Waals surface area contributed by atoms with E-state index in [0.717, 1.165) is 5.56 Å². The first-order valence-corrected chi connectivity index (χ1v) is 7.82. The maximum absolute atomic E-state index is 14.0. The van der Waals surface area contributed by atoms with Crippen molar-refractivity contribution in [3.8, 4) is 11.1 Å². The molecule has 3 rings (SSSR count). The second-order valence-electron chi connectivity index (χ2n) is 6.27. The van der Waals surface area contributed by atoms with Gasteiger partial charge in [-0.1, -0.05) is 62.4 Å². The number of fused-ring (bicyclic) bond motifs is 1. The van der Waals surface area contributed by atoms with Crippen LogP contribution in [0.1, 0.15) is 42.0 Å². The normalized spacial score (nSPS) is 11.3. The monoisotopic (exact) mass is 292 g/mol. The number of halogens is 1. The molecule has 0 bridgehead atoms. The molecule has 1 heteroatoms. The lowest BCUT2D eigenvalue weighted by atomic mass is 9.98. The van der Waals surface area contributed by atoms with E-state index in [9.17, 15) is 4.39 Å². The van der Waals surface area contributed by atoms with Crippen LogP contribution < -0.4 is 0 Å². The molecule has 0 unspecified atom stereocenters. The number of benzene rings is 1. The molecular formula is C21H21F. The van der Waals surface area contributed by atoms with E-state index >= 15 is 0 Å². The highest BCUT2D eigenvalue weighted by atomic mass is 19.1. The zero-order chi connectivity index (χ0) is 15.7. The molecule has 0 nitrogen and oxygen atoms in total. The summed E-state index contributed by atoms with van der Waals surface area (Å²) < 4.78 is 14.0. The molecular weight excluding hydrogens is 271 g/mol.